The third-order valence-electron chi connectivity index (χ3n) is 4.38. The van der Waals surface area contributed by atoms with Gasteiger partial charge in [0, 0.05) is 17.2 Å². The van der Waals surface area contributed by atoms with Crippen molar-refractivity contribution in [2.75, 3.05) is 0 Å². The highest BCUT2D eigenvalue weighted by molar-refractivity contribution is 6.65. The van der Waals surface area contributed by atoms with Crippen LogP contribution < -0.4 is 5.46 Å². The second kappa shape index (κ2) is 3.87. The minimum absolute atomic E-state index is 0.300. The van der Waals surface area contributed by atoms with Crippen LogP contribution in [0.3, 0.4) is 0 Å². The van der Waals surface area contributed by atoms with Gasteiger partial charge < -0.3 is 14.3 Å². The lowest BCUT2D eigenvalue weighted by molar-refractivity contribution is 0.00578. The Morgan fingerprint density at radius 1 is 1.05 bits per heavy atom. The van der Waals surface area contributed by atoms with Crippen molar-refractivity contribution in [1.82, 2.24) is 4.98 Å². The minimum Gasteiger partial charge on any atom is -0.399 e. The molecule has 1 fully saturated rings. The molecule has 1 aliphatic rings. The molecule has 0 spiro atoms. The normalized spacial score (nSPS) is 21.2. The molecule has 1 aromatic heterocycles. The molecule has 1 aromatic carbocycles. The fourth-order valence-electron chi connectivity index (χ4n) is 2.43. The van der Waals surface area contributed by atoms with Gasteiger partial charge in [0.1, 0.15) is 0 Å². The third kappa shape index (κ3) is 1.90. The Balaban J connectivity index is 2.03. The second-order valence-electron chi connectivity index (χ2n) is 6.38. The highest BCUT2D eigenvalue weighted by atomic mass is 16.7. The van der Waals surface area contributed by atoms with Crippen molar-refractivity contribution in [2.45, 2.75) is 45.8 Å². The molecule has 0 amide bonds. The quantitative estimate of drug-likeness (QED) is 0.797. The van der Waals surface area contributed by atoms with Crippen molar-refractivity contribution in [1.29, 1.82) is 0 Å². The zero-order valence-electron chi connectivity index (χ0n) is 12.2. The molecule has 0 aliphatic carbocycles. The van der Waals surface area contributed by atoms with Crippen LogP contribution in [0.1, 0.15) is 33.3 Å². The number of hydrogen-bond donors (Lipinski definition) is 1. The molecule has 1 aliphatic heterocycles. The van der Waals surface area contributed by atoms with Crippen molar-refractivity contribution >= 4 is 23.5 Å². The summed E-state index contributed by atoms with van der Waals surface area (Å²) in [5, 5.41) is 1.17. The number of aryl methyl sites for hydroxylation is 1. The fourth-order valence-corrected chi connectivity index (χ4v) is 2.43. The summed E-state index contributed by atoms with van der Waals surface area (Å²) in [4.78, 5) is 3.30. The summed E-state index contributed by atoms with van der Waals surface area (Å²) in [6.07, 6.45) is 1.99. The minimum atomic E-state index is -0.304. The summed E-state index contributed by atoms with van der Waals surface area (Å²) >= 11 is 0. The van der Waals surface area contributed by atoms with Gasteiger partial charge in [-0.25, -0.2) is 0 Å². The first kappa shape index (κ1) is 12.8. The largest absolute Gasteiger partial charge is 0.497 e. The van der Waals surface area contributed by atoms with Crippen molar-refractivity contribution < 1.29 is 9.31 Å². The van der Waals surface area contributed by atoms with E-state index in [4.69, 9.17) is 9.31 Å². The van der Waals surface area contributed by atoms with E-state index in [0.717, 1.165) is 11.0 Å². The Bertz CT molecular complexity index is 614. The first-order valence-corrected chi connectivity index (χ1v) is 6.73. The van der Waals surface area contributed by atoms with E-state index < -0.39 is 0 Å². The van der Waals surface area contributed by atoms with Gasteiger partial charge >= 0.3 is 7.12 Å². The fraction of sp³-hybridized carbons (Fsp3) is 0.467. The highest BCUT2D eigenvalue weighted by Crippen LogP contribution is 2.37. The molecule has 0 atom stereocenters. The first-order valence-electron chi connectivity index (χ1n) is 6.73. The van der Waals surface area contributed by atoms with E-state index in [9.17, 15) is 0 Å². The van der Waals surface area contributed by atoms with Crippen molar-refractivity contribution in [2.24, 2.45) is 0 Å². The van der Waals surface area contributed by atoms with E-state index in [2.05, 4.69) is 57.8 Å². The van der Waals surface area contributed by atoms with Crippen LogP contribution in [-0.2, 0) is 9.31 Å². The Labute approximate surface area is 114 Å². The van der Waals surface area contributed by atoms with Crippen LogP contribution in [0.4, 0.5) is 0 Å². The summed E-state index contributed by atoms with van der Waals surface area (Å²) in [6, 6.07) is 6.39. The SMILES string of the molecule is Cc1ccc2c(B3OC(C)(C)C(C)(C)O3)c[nH]c2c1. The van der Waals surface area contributed by atoms with E-state index in [1.165, 1.54) is 10.9 Å². The molecule has 0 bridgehead atoms. The van der Waals surface area contributed by atoms with Crippen LogP contribution in [0.15, 0.2) is 24.4 Å². The van der Waals surface area contributed by atoms with Gasteiger partial charge in [0.15, 0.2) is 0 Å². The van der Waals surface area contributed by atoms with Gasteiger partial charge in [0.2, 0.25) is 0 Å². The van der Waals surface area contributed by atoms with Crippen LogP contribution >= 0.6 is 0 Å². The summed E-state index contributed by atoms with van der Waals surface area (Å²) in [5.74, 6) is 0. The van der Waals surface area contributed by atoms with Crippen LogP contribution in [0, 0.1) is 6.92 Å². The van der Waals surface area contributed by atoms with Crippen molar-refractivity contribution in [3.63, 3.8) is 0 Å². The predicted octanol–water partition coefficient (Wildman–Crippen LogP) is 2.78. The molecule has 3 nitrogen and oxygen atoms in total. The Morgan fingerprint density at radius 2 is 1.68 bits per heavy atom. The number of nitrogens with one attached hydrogen (secondary N) is 1. The standard InChI is InChI=1S/C15H20BNO2/c1-10-6-7-11-12(9-17-13(11)8-10)16-18-14(2,3)15(4,5)19-16/h6-9,17H,1-5H3. The van der Waals surface area contributed by atoms with Crippen LogP contribution in [-0.4, -0.2) is 23.3 Å². The van der Waals surface area contributed by atoms with Gasteiger partial charge in [0.25, 0.3) is 0 Å². The average Bonchev–Trinajstić information content (AvgIpc) is 2.77. The molecule has 19 heavy (non-hydrogen) atoms. The van der Waals surface area contributed by atoms with Crippen LogP contribution in [0.5, 0.6) is 0 Å². The van der Waals surface area contributed by atoms with Gasteiger partial charge in [-0.1, -0.05) is 12.1 Å². The molecule has 0 unspecified atom stereocenters. The molecular formula is C15H20BNO2. The number of aromatic amines is 1. The second-order valence-corrected chi connectivity index (χ2v) is 6.38. The first-order chi connectivity index (χ1) is 8.80. The van der Waals surface area contributed by atoms with Crippen molar-refractivity contribution in [3.05, 3.63) is 30.0 Å². The number of hydrogen-bond acceptors (Lipinski definition) is 2. The maximum absolute atomic E-state index is 6.10. The zero-order valence-corrected chi connectivity index (χ0v) is 12.2. The Morgan fingerprint density at radius 3 is 2.32 bits per heavy atom. The predicted molar refractivity (Wildman–Crippen MR) is 78.8 cm³/mol. The molecule has 1 saturated heterocycles. The Kier molecular flexibility index (Phi) is 2.60. The van der Waals surface area contributed by atoms with Crippen LogP contribution in [0.25, 0.3) is 10.9 Å². The lowest BCUT2D eigenvalue weighted by atomic mass is 9.79. The maximum Gasteiger partial charge on any atom is 0.497 e. The molecule has 2 heterocycles. The van der Waals surface area contributed by atoms with Crippen molar-refractivity contribution in [3.8, 4) is 0 Å². The molecule has 100 valence electrons. The molecule has 0 radical (unpaired) electrons. The molecule has 1 N–H and O–H groups in total. The number of fused-ring (bicyclic) bond motifs is 1. The summed E-state index contributed by atoms with van der Waals surface area (Å²) < 4.78 is 12.2. The number of rotatable bonds is 1. The summed E-state index contributed by atoms with van der Waals surface area (Å²) in [5.41, 5.74) is 2.85. The monoisotopic (exact) mass is 257 g/mol. The van der Waals surface area contributed by atoms with E-state index in [-0.39, 0.29) is 18.3 Å². The van der Waals surface area contributed by atoms with E-state index in [1.54, 1.807) is 0 Å². The smallest absolute Gasteiger partial charge is 0.399 e. The lowest BCUT2D eigenvalue weighted by Gasteiger charge is -2.32. The van der Waals surface area contributed by atoms with Gasteiger partial charge in [-0.3, -0.25) is 0 Å². The molecule has 3 rings (SSSR count). The van der Waals surface area contributed by atoms with Crippen LogP contribution in [0.2, 0.25) is 0 Å². The molecule has 2 aromatic rings. The highest BCUT2D eigenvalue weighted by Gasteiger charge is 2.52. The molecule has 4 heteroatoms. The third-order valence-corrected chi connectivity index (χ3v) is 4.38. The summed E-state index contributed by atoms with van der Waals surface area (Å²) in [7, 11) is -0.304. The summed E-state index contributed by atoms with van der Waals surface area (Å²) in [6.45, 7) is 10.4. The van der Waals surface area contributed by atoms with Gasteiger partial charge in [-0.05, 0) is 51.6 Å². The van der Waals surface area contributed by atoms with E-state index >= 15 is 0 Å². The number of aromatic nitrogens is 1. The van der Waals surface area contributed by atoms with E-state index in [1.807, 2.05) is 6.20 Å². The molecular weight excluding hydrogens is 237 g/mol. The number of H-pyrrole nitrogens is 1. The maximum atomic E-state index is 6.10. The van der Waals surface area contributed by atoms with Gasteiger partial charge in [-0.15, -0.1) is 0 Å². The molecule has 0 saturated carbocycles. The lowest BCUT2D eigenvalue weighted by Crippen LogP contribution is -2.41. The number of benzene rings is 1. The van der Waals surface area contributed by atoms with E-state index in [0.29, 0.717) is 0 Å². The average molecular weight is 257 g/mol. The van der Waals surface area contributed by atoms with Gasteiger partial charge in [0.05, 0.1) is 11.2 Å². The Hall–Kier alpha value is -1.26. The zero-order chi connectivity index (χ0) is 13.8. The topological polar surface area (TPSA) is 34.2 Å². The van der Waals surface area contributed by atoms with Gasteiger partial charge in [-0.2, -0.15) is 0 Å².